The van der Waals surface area contributed by atoms with Crippen LogP contribution < -0.4 is 10.2 Å². The minimum Gasteiger partial charge on any atom is -0.322 e. The number of hydrogen-bond acceptors (Lipinski definition) is 3. The number of nitrogens with one attached hydrogen (secondary N) is 1. The number of carbonyl (C=O) groups is 2. The first-order chi connectivity index (χ1) is 14.0. The van der Waals surface area contributed by atoms with Crippen molar-refractivity contribution in [2.24, 2.45) is 0 Å². The van der Waals surface area contributed by atoms with Gasteiger partial charge in [0.1, 0.15) is 17.0 Å². The third-order valence-electron chi connectivity index (χ3n) is 4.55. The fraction of sp³-hybridized carbons (Fsp3) is 0.0909. The Kier molecular flexibility index (Phi) is 5.31. The molecule has 1 N–H and O–H groups in total. The summed E-state index contributed by atoms with van der Waals surface area (Å²) in [5, 5.41) is 2.29. The molecule has 3 aromatic rings. The number of anilines is 2. The first-order valence-electron chi connectivity index (χ1n) is 8.88. The number of thioether (sulfide) groups is 1. The van der Waals surface area contributed by atoms with E-state index in [1.807, 2.05) is 0 Å². The highest BCUT2D eigenvalue weighted by atomic mass is 32.2. The third-order valence-corrected chi connectivity index (χ3v) is 5.76. The number of rotatable bonds is 4. The van der Waals surface area contributed by atoms with E-state index < -0.39 is 17.5 Å². The van der Waals surface area contributed by atoms with Gasteiger partial charge >= 0.3 is 0 Å². The molecule has 0 bridgehead atoms. The fourth-order valence-electron chi connectivity index (χ4n) is 3.15. The van der Waals surface area contributed by atoms with Crippen LogP contribution >= 0.6 is 11.8 Å². The van der Waals surface area contributed by atoms with Crippen LogP contribution in [0.2, 0.25) is 0 Å². The molecule has 1 unspecified atom stereocenters. The third kappa shape index (κ3) is 3.86. The predicted molar refractivity (Wildman–Crippen MR) is 110 cm³/mol. The van der Waals surface area contributed by atoms with E-state index in [4.69, 9.17) is 0 Å². The van der Waals surface area contributed by atoms with Crippen molar-refractivity contribution in [1.82, 2.24) is 0 Å². The highest BCUT2D eigenvalue weighted by Crippen LogP contribution is 2.42. The van der Waals surface area contributed by atoms with Gasteiger partial charge in [0.15, 0.2) is 0 Å². The Morgan fingerprint density at radius 2 is 1.59 bits per heavy atom. The van der Waals surface area contributed by atoms with E-state index >= 15 is 0 Å². The summed E-state index contributed by atoms with van der Waals surface area (Å²) in [6.45, 7) is 0. The van der Waals surface area contributed by atoms with Gasteiger partial charge in [-0.1, -0.05) is 36.4 Å². The zero-order chi connectivity index (χ0) is 20.4. The largest absolute Gasteiger partial charge is 0.322 e. The van der Waals surface area contributed by atoms with Gasteiger partial charge in [0.05, 0.1) is 17.0 Å². The topological polar surface area (TPSA) is 49.4 Å². The van der Waals surface area contributed by atoms with Crippen LogP contribution in [-0.4, -0.2) is 17.6 Å². The smallest absolute Gasteiger partial charge is 0.258 e. The summed E-state index contributed by atoms with van der Waals surface area (Å²) in [6.07, 6.45) is 0. The monoisotopic (exact) mass is 410 g/mol. The van der Waals surface area contributed by atoms with Gasteiger partial charge in [0.2, 0.25) is 5.91 Å². The van der Waals surface area contributed by atoms with Crippen molar-refractivity contribution >= 4 is 35.0 Å². The Balaban J connectivity index is 1.54. The van der Waals surface area contributed by atoms with Crippen molar-refractivity contribution in [3.8, 4) is 0 Å². The van der Waals surface area contributed by atoms with Crippen molar-refractivity contribution in [1.29, 1.82) is 0 Å². The molecular weight excluding hydrogens is 394 g/mol. The van der Waals surface area contributed by atoms with Crippen LogP contribution in [0.3, 0.4) is 0 Å². The quantitative estimate of drug-likeness (QED) is 0.659. The predicted octanol–water partition coefficient (Wildman–Crippen LogP) is 5.00. The lowest BCUT2D eigenvalue weighted by Crippen LogP contribution is -2.28. The number of amides is 2. The Morgan fingerprint density at radius 1 is 0.931 bits per heavy atom. The molecule has 1 atom stereocenters. The molecule has 1 saturated heterocycles. The molecule has 146 valence electrons. The maximum Gasteiger partial charge on any atom is 0.258 e. The molecule has 3 aromatic carbocycles. The molecule has 1 fully saturated rings. The second kappa shape index (κ2) is 8.05. The standard InChI is InChI=1S/C22H16F2N2O2S/c23-17-6-2-1-5-16(17)21(28)25-15-11-9-14(10-12-15)22-26(20(27)13-29-22)19-8-4-3-7-18(19)24/h1-12,22H,13H2,(H,25,28). The maximum absolute atomic E-state index is 14.2. The van der Waals surface area contributed by atoms with Crippen molar-refractivity contribution in [3.05, 3.63) is 95.6 Å². The minimum atomic E-state index is -0.594. The molecule has 7 heteroatoms. The number of carbonyl (C=O) groups excluding carboxylic acids is 2. The molecule has 0 aliphatic carbocycles. The molecule has 2 amide bonds. The van der Waals surface area contributed by atoms with Gasteiger partial charge in [-0.05, 0) is 42.0 Å². The lowest BCUT2D eigenvalue weighted by Gasteiger charge is -2.24. The SMILES string of the molecule is O=C(Nc1ccc(C2SCC(=O)N2c2ccccc2F)cc1)c1ccccc1F. The lowest BCUT2D eigenvalue weighted by atomic mass is 10.1. The van der Waals surface area contributed by atoms with Gasteiger partial charge in [-0.25, -0.2) is 8.78 Å². The van der Waals surface area contributed by atoms with E-state index in [2.05, 4.69) is 5.32 Å². The van der Waals surface area contributed by atoms with Gasteiger partial charge in [-0.3, -0.25) is 14.5 Å². The molecule has 1 aliphatic rings. The Morgan fingerprint density at radius 3 is 2.28 bits per heavy atom. The lowest BCUT2D eigenvalue weighted by molar-refractivity contribution is -0.115. The van der Waals surface area contributed by atoms with Crippen LogP contribution in [0.1, 0.15) is 21.3 Å². The zero-order valence-electron chi connectivity index (χ0n) is 15.1. The van der Waals surface area contributed by atoms with Crippen LogP contribution in [0, 0.1) is 11.6 Å². The highest BCUT2D eigenvalue weighted by molar-refractivity contribution is 8.00. The number of hydrogen-bond donors (Lipinski definition) is 1. The molecular formula is C22H16F2N2O2S. The Bertz CT molecular complexity index is 1070. The normalized spacial score (nSPS) is 16.1. The van der Waals surface area contributed by atoms with Crippen LogP contribution in [-0.2, 0) is 4.79 Å². The maximum atomic E-state index is 14.2. The van der Waals surface area contributed by atoms with Crippen LogP contribution in [0.15, 0.2) is 72.8 Å². The van der Waals surface area contributed by atoms with E-state index in [1.54, 1.807) is 48.5 Å². The molecule has 1 heterocycles. The molecule has 0 radical (unpaired) electrons. The summed E-state index contributed by atoms with van der Waals surface area (Å²) in [5.74, 6) is -1.51. The highest BCUT2D eigenvalue weighted by Gasteiger charge is 2.35. The van der Waals surface area contributed by atoms with Crippen LogP contribution in [0.5, 0.6) is 0 Å². The average molecular weight is 410 g/mol. The van der Waals surface area contributed by atoms with Gasteiger partial charge in [0.25, 0.3) is 5.91 Å². The number of para-hydroxylation sites is 1. The first kappa shape index (κ1) is 19.1. The summed E-state index contributed by atoms with van der Waals surface area (Å²) < 4.78 is 28.0. The molecule has 1 aliphatic heterocycles. The summed E-state index contributed by atoms with van der Waals surface area (Å²) >= 11 is 1.41. The van der Waals surface area contributed by atoms with E-state index in [9.17, 15) is 18.4 Å². The van der Waals surface area contributed by atoms with E-state index in [1.165, 1.54) is 40.9 Å². The summed E-state index contributed by atoms with van der Waals surface area (Å²) in [4.78, 5) is 26.1. The summed E-state index contributed by atoms with van der Waals surface area (Å²) in [6, 6.07) is 18.8. The zero-order valence-corrected chi connectivity index (χ0v) is 16.0. The number of benzene rings is 3. The molecule has 0 spiro atoms. The number of halogens is 2. The van der Waals surface area contributed by atoms with Crippen LogP contribution in [0.25, 0.3) is 0 Å². The second-order valence-corrected chi connectivity index (χ2v) is 7.50. The average Bonchev–Trinajstić information content (AvgIpc) is 3.10. The van der Waals surface area contributed by atoms with E-state index in [0.717, 1.165) is 5.56 Å². The second-order valence-electron chi connectivity index (χ2n) is 6.43. The molecule has 29 heavy (non-hydrogen) atoms. The molecule has 4 rings (SSSR count). The summed E-state index contributed by atoms with van der Waals surface area (Å²) in [7, 11) is 0. The fourth-order valence-corrected chi connectivity index (χ4v) is 4.32. The minimum absolute atomic E-state index is 0.0424. The first-order valence-corrected chi connectivity index (χ1v) is 9.93. The van der Waals surface area contributed by atoms with Gasteiger partial charge in [0, 0.05) is 5.69 Å². The Hall–Kier alpha value is -3.19. The molecule has 0 saturated carbocycles. The van der Waals surface area contributed by atoms with Gasteiger partial charge < -0.3 is 5.32 Å². The van der Waals surface area contributed by atoms with Gasteiger partial charge in [-0.15, -0.1) is 11.8 Å². The van der Waals surface area contributed by atoms with Crippen molar-refractivity contribution in [2.45, 2.75) is 5.37 Å². The van der Waals surface area contributed by atoms with Gasteiger partial charge in [-0.2, -0.15) is 0 Å². The van der Waals surface area contributed by atoms with Crippen molar-refractivity contribution < 1.29 is 18.4 Å². The van der Waals surface area contributed by atoms with E-state index in [-0.39, 0.29) is 28.3 Å². The van der Waals surface area contributed by atoms with Crippen LogP contribution in [0.4, 0.5) is 20.2 Å². The summed E-state index contributed by atoms with van der Waals surface area (Å²) in [5.41, 5.74) is 1.49. The number of nitrogens with zero attached hydrogens (tertiary/aromatic N) is 1. The molecule has 0 aromatic heterocycles. The van der Waals surface area contributed by atoms with Crippen molar-refractivity contribution in [3.63, 3.8) is 0 Å². The molecule has 4 nitrogen and oxygen atoms in total. The Labute approximate surface area is 170 Å². The van der Waals surface area contributed by atoms with E-state index in [0.29, 0.717) is 5.69 Å². The van der Waals surface area contributed by atoms with Crippen molar-refractivity contribution in [2.75, 3.05) is 16.0 Å².